The quantitative estimate of drug-likeness (QED) is 0.792. The van der Waals surface area contributed by atoms with Gasteiger partial charge in [0.1, 0.15) is 4.83 Å². The third-order valence-electron chi connectivity index (χ3n) is 3.01. The summed E-state index contributed by atoms with van der Waals surface area (Å²) in [4.78, 5) is 17.3. The number of nitrogens with one attached hydrogen (secondary N) is 1. The highest BCUT2D eigenvalue weighted by atomic mass is 32.1. The zero-order valence-electron chi connectivity index (χ0n) is 11.6. The smallest absolute Gasteiger partial charge is 0.262 e. The van der Waals surface area contributed by atoms with Crippen molar-refractivity contribution >= 4 is 21.6 Å². The standard InChI is InChI=1S/C14H21N3OS/c1-11(2)9-15-6-3-4-7-17-10-16-13-12(14(17)18)5-8-19-13/h5,8,10-11,15H,3-4,6-7,9H2,1-2H3. The molecule has 0 spiro atoms. The lowest BCUT2D eigenvalue weighted by Gasteiger charge is -2.08. The van der Waals surface area contributed by atoms with Crippen molar-refractivity contribution in [2.24, 2.45) is 5.92 Å². The largest absolute Gasteiger partial charge is 0.316 e. The van der Waals surface area contributed by atoms with Crippen molar-refractivity contribution in [3.05, 3.63) is 28.1 Å². The highest BCUT2D eigenvalue weighted by Crippen LogP contribution is 2.13. The zero-order valence-corrected chi connectivity index (χ0v) is 12.4. The molecule has 2 rings (SSSR count). The van der Waals surface area contributed by atoms with Crippen LogP contribution in [0.15, 0.2) is 22.6 Å². The zero-order chi connectivity index (χ0) is 13.7. The van der Waals surface area contributed by atoms with Crippen molar-refractivity contribution in [3.8, 4) is 0 Å². The summed E-state index contributed by atoms with van der Waals surface area (Å²) in [5.41, 5.74) is 0.0846. The summed E-state index contributed by atoms with van der Waals surface area (Å²) in [6.45, 7) is 7.23. The number of hydrogen-bond donors (Lipinski definition) is 1. The first-order valence-electron chi connectivity index (χ1n) is 6.82. The summed E-state index contributed by atoms with van der Waals surface area (Å²) in [7, 11) is 0. The Bertz CT molecular complexity index is 573. The van der Waals surface area contributed by atoms with Gasteiger partial charge in [-0.05, 0) is 43.3 Å². The molecule has 19 heavy (non-hydrogen) atoms. The van der Waals surface area contributed by atoms with Gasteiger partial charge in [-0.25, -0.2) is 4.98 Å². The van der Waals surface area contributed by atoms with Crippen LogP contribution in [0.1, 0.15) is 26.7 Å². The molecule has 0 bridgehead atoms. The maximum absolute atomic E-state index is 12.1. The number of fused-ring (bicyclic) bond motifs is 1. The van der Waals surface area contributed by atoms with E-state index in [9.17, 15) is 4.79 Å². The van der Waals surface area contributed by atoms with E-state index in [-0.39, 0.29) is 5.56 Å². The SMILES string of the molecule is CC(C)CNCCCCn1cnc2sccc2c1=O. The van der Waals surface area contributed by atoms with E-state index >= 15 is 0 Å². The highest BCUT2D eigenvalue weighted by molar-refractivity contribution is 7.16. The average Bonchev–Trinajstić information content (AvgIpc) is 2.84. The fourth-order valence-corrected chi connectivity index (χ4v) is 2.70. The van der Waals surface area contributed by atoms with Gasteiger partial charge in [0, 0.05) is 6.54 Å². The molecule has 0 amide bonds. The molecule has 0 aromatic carbocycles. The van der Waals surface area contributed by atoms with Crippen LogP contribution in [-0.4, -0.2) is 22.6 Å². The van der Waals surface area contributed by atoms with Gasteiger partial charge in [-0.3, -0.25) is 9.36 Å². The third-order valence-corrected chi connectivity index (χ3v) is 3.83. The summed E-state index contributed by atoms with van der Waals surface area (Å²) in [5.74, 6) is 0.688. The lowest BCUT2D eigenvalue weighted by molar-refractivity contribution is 0.515. The van der Waals surface area contributed by atoms with Gasteiger partial charge < -0.3 is 5.32 Å². The molecule has 5 heteroatoms. The molecule has 0 atom stereocenters. The number of thiophene rings is 1. The van der Waals surface area contributed by atoms with E-state index < -0.39 is 0 Å². The maximum atomic E-state index is 12.1. The van der Waals surface area contributed by atoms with E-state index in [2.05, 4.69) is 24.1 Å². The molecule has 2 aromatic heterocycles. The van der Waals surface area contributed by atoms with Crippen LogP contribution in [0.2, 0.25) is 0 Å². The molecule has 0 aliphatic rings. The van der Waals surface area contributed by atoms with Gasteiger partial charge in [0.25, 0.3) is 5.56 Å². The normalized spacial score (nSPS) is 11.5. The highest BCUT2D eigenvalue weighted by Gasteiger charge is 2.04. The Kier molecular flexibility index (Phi) is 5.10. The maximum Gasteiger partial charge on any atom is 0.262 e. The second-order valence-corrected chi connectivity index (χ2v) is 6.08. The van der Waals surface area contributed by atoms with Gasteiger partial charge in [-0.15, -0.1) is 11.3 Å². The molecule has 104 valence electrons. The van der Waals surface area contributed by atoms with Crippen molar-refractivity contribution < 1.29 is 0 Å². The van der Waals surface area contributed by atoms with Crippen LogP contribution in [0, 0.1) is 5.92 Å². The summed E-state index contributed by atoms with van der Waals surface area (Å²) in [6.07, 6.45) is 3.76. The molecule has 0 saturated heterocycles. The van der Waals surface area contributed by atoms with E-state index in [1.807, 2.05) is 11.4 Å². The monoisotopic (exact) mass is 279 g/mol. The van der Waals surface area contributed by atoms with Gasteiger partial charge in [0.15, 0.2) is 0 Å². The van der Waals surface area contributed by atoms with Gasteiger partial charge in [-0.2, -0.15) is 0 Å². The van der Waals surface area contributed by atoms with Gasteiger partial charge >= 0.3 is 0 Å². The molecule has 4 nitrogen and oxygen atoms in total. The molecule has 0 aliphatic carbocycles. The van der Waals surface area contributed by atoms with Crippen LogP contribution in [0.25, 0.3) is 10.2 Å². The second kappa shape index (κ2) is 6.82. The summed E-state index contributed by atoms with van der Waals surface area (Å²) in [5, 5.41) is 6.07. The Morgan fingerprint density at radius 2 is 2.26 bits per heavy atom. The van der Waals surface area contributed by atoms with Crippen LogP contribution in [-0.2, 0) is 6.54 Å². The molecule has 0 fully saturated rings. The average molecular weight is 279 g/mol. The number of unbranched alkanes of at least 4 members (excludes halogenated alkanes) is 1. The number of aromatic nitrogens is 2. The molecular formula is C14H21N3OS. The number of rotatable bonds is 7. The van der Waals surface area contributed by atoms with Crippen molar-refractivity contribution in [2.45, 2.75) is 33.2 Å². The number of aryl methyl sites for hydroxylation is 1. The first-order valence-corrected chi connectivity index (χ1v) is 7.70. The molecule has 2 heterocycles. The molecule has 0 saturated carbocycles. The van der Waals surface area contributed by atoms with E-state index in [1.54, 1.807) is 10.9 Å². The molecule has 2 aromatic rings. The van der Waals surface area contributed by atoms with Crippen molar-refractivity contribution in [1.29, 1.82) is 0 Å². The van der Waals surface area contributed by atoms with Crippen molar-refractivity contribution in [2.75, 3.05) is 13.1 Å². The van der Waals surface area contributed by atoms with Gasteiger partial charge in [-0.1, -0.05) is 13.8 Å². The Balaban J connectivity index is 1.81. The molecule has 0 radical (unpaired) electrons. The minimum absolute atomic E-state index is 0.0846. The molecule has 0 unspecified atom stereocenters. The van der Waals surface area contributed by atoms with Gasteiger partial charge in [0.2, 0.25) is 0 Å². The van der Waals surface area contributed by atoms with Crippen LogP contribution < -0.4 is 10.9 Å². The molecule has 0 aliphatic heterocycles. The summed E-state index contributed by atoms with van der Waals surface area (Å²) in [6, 6.07) is 1.86. The number of hydrogen-bond acceptors (Lipinski definition) is 4. The predicted molar refractivity (Wildman–Crippen MR) is 80.8 cm³/mol. The van der Waals surface area contributed by atoms with Crippen molar-refractivity contribution in [3.63, 3.8) is 0 Å². The van der Waals surface area contributed by atoms with E-state index in [4.69, 9.17) is 0 Å². The summed E-state index contributed by atoms with van der Waals surface area (Å²) < 4.78 is 1.72. The van der Waals surface area contributed by atoms with Crippen LogP contribution in [0.5, 0.6) is 0 Å². The van der Waals surface area contributed by atoms with Crippen molar-refractivity contribution in [1.82, 2.24) is 14.9 Å². The van der Waals surface area contributed by atoms with Crippen LogP contribution >= 0.6 is 11.3 Å². The Morgan fingerprint density at radius 3 is 3.05 bits per heavy atom. The Hall–Kier alpha value is -1.20. The fourth-order valence-electron chi connectivity index (χ4n) is 1.98. The lowest BCUT2D eigenvalue weighted by Crippen LogP contribution is -2.23. The lowest BCUT2D eigenvalue weighted by atomic mass is 10.2. The van der Waals surface area contributed by atoms with E-state index in [0.29, 0.717) is 5.92 Å². The fraction of sp³-hybridized carbons (Fsp3) is 0.571. The minimum atomic E-state index is 0.0846. The van der Waals surface area contributed by atoms with E-state index in [0.717, 1.165) is 42.7 Å². The number of nitrogens with zero attached hydrogens (tertiary/aromatic N) is 2. The molecular weight excluding hydrogens is 258 g/mol. The first-order chi connectivity index (χ1) is 9.18. The molecule has 1 N–H and O–H groups in total. The Labute approximate surface area is 117 Å². The van der Waals surface area contributed by atoms with Crippen LogP contribution in [0.3, 0.4) is 0 Å². The third kappa shape index (κ3) is 3.88. The second-order valence-electron chi connectivity index (χ2n) is 5.19. The van der Waals surface area contributed by atoms with Crippen LogP contribution in [0.4, 0.5) is 0 Å². The minimum Gasteiger partial charge on any atom is -0.316 e. The topological polar surface area (TPSA) is 46.9 Å². The summed E-state index contributed by atoms with van der Waals surface area (Å²) >= 11 is 1.51. The van der Waals surface area contributed by atoms with Gasteiger partial charge in [0.05, 0.1) is 11.7 Å². The first kappa shape index (κ1) is 14.2. The van der Waals surface area contributed by atoms with E-state index in [1.165, 1.54) is 11.3 Å². The Morgan fingerprint density at radius 1 is 1.42 bits per heavy atom. The predicted octanol–water partition coefficient (Wildman–Crippen LogP) is 2.48.